The third kappa shape index (κ3) is 7.39. The Labute approximate surface area is 276 Å². The highest BCUT2D eigenvalue weighted by Crippen LogP contribution is 2.25. The first kappa shape index (κ1) is 32.5. The molecule has 4 heterocycles. The third-order valence-corrected chi connectivity index (χ3v) is 8.08. The Bertz CT molecular complexity index is 1910. The zero-order chi connectivity index (χ0) is 33.9. The lowest BCUT2D eigenvalue weighted by atomic mass is 10.0. The summed E-state index contributed by atoms with van der Waals surface area (Å²) >= 11 is 0. The number of nitrogens with one attached hydrogen (secondary N) is 2. The number of hydrogen-bond donors (Lipinski definition) is 2. The molecule has 0 fully saturated rings. The molecule has 0 saturated carbocycles. The molecule has 2 unspecified atom stereocenters. The van der Waals surface area contributed by atoms with Gasteiger partial charge in [0.1, 0.15) is 0 Å². The minimum Gasteiger partial charge on any atom is -0.438 e. The topological polar surface area (TPSA) is 178 Å². The van der Waals surface area contributed by atoms with Gasteiger partial charge < -0.3 is 19.4 Å². The normalized spacial score (nSPS) is 13.1. The second-order valence-electron chi connectivity index (χ2n) is 12.2. The van der Waals surface area contributed by atoms with Crippen molar-refractivity contribution in [3.63, 3.8) is 0 Å². The molecule has 0 radical (unpaired) electrons. The molecule has 0 aliphatic heterocycles. The molecule has 250 valence electrons. The molecule has 48 heavy (non-hydrogen) atoms. The van der Waals surface area contributed by atoms with Crippen LogP contribution in [0, 0.1) is 0 Å². The Morgan fingerprint density at radius 2 is 1.12 bits per heavy atom. The second kappa shape index (κ2) is 13.7. The van der Waals surface area contributed by atoms with E-state index < -0.39 is 24.4 Å². The highest BCUT2D eigenvalue weighted by atomic mass is 16.6. The Balaban J connectivity index is 1.12. The zero-order valence-electron chi connectivity index (χ0n) is 27.7. The fraction of sp³-hybridized carbons (Fsp3) is 0.375. The van der Waals surface area contributed by atoms with Crippen LogP contribution in [-0.2, 0) is 58.8 Å². The van der Waals surface area contributed by atoms with E-state index in [1.807, 2.05) is 36.7 Å². The average Bonchev–Trinajstić information content (AvgIpc) is 3.84. The number of rotatable bonds is 12. The van der Waals surface area contributed by atoms with Crippen LogP contribution < -0.4 is 0 Å². The molecule has 2 aromatic carbocycles. The van der Waals surface area contributed by atoms with E-state index in [0.717, 1.165) is 44.1 Å². The van der Waals surface area contributed by atoms with Crippen LogP contribution in [0.2, 0.25) is 0 Å². The molecule has 0 aliphatic rings. The molecule has 0 aliphatic carbocycles. The van der Waals surface area contributed by atoms with Crippen LogP contribution in [0.5, 0.6) is 0 Å². The van der Waals surface area contributed by atoms with E-state index in [2.05, 4.69) is 52.9 Å². The van der Waals surface area contributed by atoms with Gasteiger partial charge in [0.15, 0.2) is 24.1 Å². The quantitative estimate of drug-likeness (QED) is 0.111. The van der Waals surface area contributed by atoms with Crippen molar-refractivity contribution >= 4 is 33.7 Å². The van der Waals surface area contributed by atoms with Crippen molar-refractivity contribution in [2.75, 3.05) is 28.2 Å². The lowest BCUT2D eigenvalue weighted by molar-refractivity contribution is -0.182. The summed E-state index contributed by atoms with van der Waals surface area (Å²) in [6.07, 6.45) is 4.08. The van der Waals surface area contributed by atoms with Crippen molar-refractivity contribution in [1.82, 2.24) is 60.2 Å². The van der Waals surface area contributed by atoms with Crippen molar-refractivity contribution in [3.05, 3.63) is 82.7 Å². The van der Waals surface area contributed by atoms with E-state index in [1.165, 1.54) is 9.59 Å². The number of hydrogen-bond acceptors (Lipinski definition) is 12. The number of likely N-dealkylation sites (N-methyl/N-ethyl adjacent to an activating group) is 2. The van der Waals surface area contributed by atoms with Gasteiger partial charge in [-0.05, 0) is 85.1 Å². The monoisotopic (exact) mass is 654 g/mol. The lowest BCUT2D eigenvalue weighted by Crippen LogP contribution is -2.40. The van der Waals surface area contributed by atoms with Gasteiger partial charge in [-0.3, -0.25) is 9.80 Å². The Hall–Kier alpha value is -5.48. The molecule has 6 rings (SSSR count). The zero-order valence-corrected chi connectivity index (χ0v) is 27.7. The minimum atomic E-state index is -1.06. The first-order valence-corrected chi connectivity index (χ1v) is 15.4. The van der Waals surface area contributed by atoms with Crippen LogP contribution in [0.4, 0.5) is 0 Å². The number of H-pyrrole nitrogens is 2. The first-order valence-electron chi connectivity index (χ1n) is 15.4. The van der Waals surface area contributed by atoms with E-state index >= 15 is 0 Å². The average molecular weight is 655 g/mol. The molecule has 0 saturated heterocycles. The van der Waals surface area contributed by atoms with Gasteiger partial charge in [0.05, 0.1) is 14.1 Å². The number of nitrogens with zero attached hydrogens (tertiary/aromatic N) is 10. The van der Waals surface area contributed by atoms with Crippen LogP contribution in [-0.4, -0.2) is 113 Å². The van der Waals surface area contributed by atoms with Gasteiger partial charge in [-0.1, -0.05) is 12.1 Å². The summed E-state index contributed by atoms with van der Waals surface area (Å²) in [5.41, 5.74) is 5.77. The van der Waals surface area contributed by atoms with Gasteiger partial charge in [0.25, 0.3) is 0 Å². The maximum absolute atomic E-state index is 13.1. The molecule has 0 amide bonds. The van der Waals surface area contributed by atoms with Crippen molar-refractivity contribution in [1.29, 1.82) is 0 Å². The predicted molar refractivity (Wildman–Crippen MR) is 174 cm³/mol. The number of carbonyl (C=O) groups excluding carboxylic acids is 2. The molecule has 16 heteroatoms. The summed E-state index contributed by atoms with van der Waals surface area (Å²) in [6, 6.07) is 12.1. The molecule has 6 aromatic rings. The molecule has 16 nitrogen and oxygen atoms in total. The number of esters is 2. The van der Waals surface area contributed by atoms with Crippen LogP contribution >= 0.6 is 0 Å². The number of ether oxygens (including phenoxy) is 2. The van der Waals surface area contributed by atoms with Crippen LogP contribution in [0.15, 0.2) is 48.8 Å². The minimum absolute atomic E-state index is 0.345. The number of carbonyl (C=O) groups is 2. The van der Waals surface area contributed by atoms with Gasteiger partial charge in [0.2, 0.25) is 0 Å². The predicted octanol–water partition coefficient (Wildman–Crippen LogP) is 1.52. The Morgan fingerprint density at radius 3 is 1.48 bits per heavy atom. The van der Waals surface area contributed by atoms with Crippen molar-refractivity contribution in [3.8, 4) is 0 Å². The number of aryl methyl sites for hydroxylation is 2. The number of aromatic nitrogens is 10. The number of aromatic amines is 2. The SMILES string of the molecule is CN(C)C(Cc1c[nH]c2ccc(Cc3nnn(C)n3)cc12)OC(=O)C(=O)OC(Cc1c[nH]c2ccc(Cc3nnn(C)n3)cc12)N(C)C. The van der Waals surface area contributed by atoms with Gasteiger partial charge in [-0.2, -0.15) is 9.59 Å². The van der Waals surface area contributed by atoms with E-state index in [4.69, 9.17) is 9.47 Å². The fourth-order valence-corrected chi connectivity index (χ4v) is 5.54. The number of tetrazole rings is 2. The van der Waals surface area contributed by atoms with E-state index in [-0.39, 0.29) is 0 Å². The Morgan fingerprint density at radius 1 is 0.708 bits per heavy atom. The highest BCUT2D eigenvalue weighted by molar-refractivity contribution is 6.29. The summed E-state index contributed by atoms with van der Waals surface area (Å²) in [5, 5.41) is 26.5. The molecule has 2 atom stereocenters. The first-order chi connectivity index (χ1) is 23.0. The van der Waals surface area contributed by atoms with E-state index in [9.17, 15) is 9.59 Å². The standard InChI is InChI=1S/C32H38N12O4/c1-41(2)29(15-21-17-33-25-9-7-19(11-23(21)25)13-27-35-39-43(5)37-27)47-31(45)32(46)48-30(42(3)4)16-22-18-34-26-10-8-20(12-24(22)26)14-28-36-40-44(6)38-28/h7-12,17-18,29-30,33-34H,13-16H2,1-6H3. The molecule has 0 spiro atoms. The molecule has 2 N–H and O–H groups in total. The highest BCUT2D eigenvalue weighted by Gasteiger charge is 2.29. The van der Waals surface area contributed by atoms with Crippen LogP contribution in [0.3, 0.4) is 0 Å². The summed E-state index contributed by atoms with van der Waals surface area (Å²) in [6.45, 7) is 0. The number of benzene rings is 2. The fourth-order valence-electron chi connectivity index (χ4n) is 5.54. The summed E-state index contributed by atoms with van der Waals surface area (Å²) in [5.74, 6) is -0.886. The van der Waals surface area contributed by atoms with Crippen molar-refractivity contribution < 1.29 is 19.1 Å². The second-order valence-corrected chi connectivity index (χ2v) is 12.2. The van der Waals surface area contributed by atoms with Gasteiger partial charge in [-0.25, -0.2) is 9.59 Å². The molecule has 0 bridgehead atoms. The van der Waals surface area contributed by atoms with E-state index in [1.54, 1.807) is 52.1 Å². The van der Waals surface area contributed by atoms with Crippen molar-refractivity contribution in [2.45, 2.75) is 38.1 Å². The number of fused-ring (bicyclic) bond motifs is 2. The van der Waals surface area contributed by atoms with Gasteiger partial charge in [0, 0.05) is 59.9 Å². The smallest absolute Gasteiger partial charge is 0.419 e. The summed E-state index contributed by atoms with van der Waals surface area (Å²) < 4.78 is 11.4. The van der Waals surface area contributed by atoms with Gasteiger partial charge in [-0.15, -0.1) is 20.4 Å². The maximum atomic E-state index is 13.1. The van der Waals surface area contributed by atoms with Gasteiger partial charge >= 0.3 is 11.9 Å². The van der Waals surface area contributed by atoms with E-state index in [0.29, 0.717) is 37.3 Å². The molecular weight excluding hydrogens is 616 g/mol. The van der Waals surface area contributed by atoms with Crippen LogP contribution in [0.1, 0.15) is 33.9 Å². The molecule has 4 aromatic heterocycles. The molecular formula is C32H38N12O4. The summed E-state index contributed by atoms with van der Waals surface area (Å²) in [7, 11) is 10.6. The lowest BCUT2D eigenvalue weighted by Gasteiger charge is -2.26. The maximum Gasteiger partial charge on any atom is 0.419 e. The largest absolute Gasteiger partial charge is 0.438 e. The van der Waals surface area contributed by atoms with Crippen molar-refractivity contribution in [2.24, 2.45) is 14.1 Å². The Kier molecular flexibility index (Phi) is 9.27. The third-order valence-electron chi connectivity index (χ3n) is 8.08. The summed E-state index contributed by atoms with van der Waals surface area (Å²) in [4.78, 5) is 39.1. The van der Waals surface area contributed by atoms with Crippen LogP contribution in [0.25, 0.3) is 21.8 Å².